The Labute approximate surface area is 123 Å². The molecule has 0 heterocycles. The van der Waals surface area contributed by atoms with Crippen molar-refractivity contribution in [1.82, 2.24) is 5.32 Å². The first-order valence-corrected chi connectivity index (χ1v) is 7.70. The molecule has 0 saturated carbocycles. The monoisotopic (exact) mass is 279 g/mol. The molecular weight excluding hydrogens is 250 g/mol. The number of benzene rings is 1. The van der Waals surface area contributed by atoms with Crippen molar-refractivity contribution in [3.8, 4) is 11.5 Å². The molecule has 0 aliphatic heterocycles. The zero-order chi connectivity index (χ0) is 14.8. The van der Waals surface area contributed by atoms with Crippen molar-refractivity contribution < 1.29 is 9.47 Å². The minimum atomic E-state index is 0.731. The molecule has 0 aliphatic rings. The summed E-state index contributed by atoms with van der Waals surface area (Å²) < 4.78 is 11.6. The molecule has 0 fully saturated rings. The van der Waals surface area contributed by atoms with E-state index >= 15 is 0 Å². The number of hydrogen-bond donors (Lipinski definition) is 1. The molecule has 0 aromatic heterocycles. The van der Waals surface area contributed by atoms with E-state index in [4.69, 9.17) is 9.47 Å². The summed E-state index contributed by atoms with van der Waals surface area (Å²) in [5.74, 6) is 2.57. The number of hydrogen-bond acceptors (Lipinski definition) is 3. The molecular formula is C17H29NO2. The van der Waals surface area contributed by atoms with Crippen LogP contribution >= 0.6 is 0 Å². The lowest BCUT2D eigenvalue weighted by Crippen LogP contribution is -2.09. The fraction of sp³-hybridized carbons (Fsp3) is 0.647. The van der Waals surface area contributed by atoms with Crippen LogP contribution in [0.4, 0.5) is 0 Å². The summed E-state index contributed by atoms with van der Waals surface area (Å²) in [5, 5.41) is 3.17. The van der Waals surface area contributed by atoms with Crippen molar-refractivity contribution in [2.75, 3.05) is 20.3 Å². The lowest BCUT2D eigenvalue weighted by atomic mass is 10.1. The number of nitrogens with one attached hydrogen (secondary N) is 1. The van der Waals surface area contributed by atoms with Gasteiger partial charge in [-0.1, -0.05) is 26.8 Å². The third-order valence-corrected chi connectivity index (χ3v) is 3.06. The van der Waals surface area contributed by atoms with Gasteiger partial charge in [-0.2, -0.15) is 0 Å². The van der Waals surface area contributed by atoms with Gasteiger partial charge >= 0.3 is 0 Å². The molecule has 0 amide bonds. The summed E-state index contributed by atoms with van der Waals surface area (Å²) in [5.41, 5.74) is 1.18. The molecule has 1 aromatic carbocycles. The molecule has 20 heavy (non-hydrogen) atoms. The van der Waals surface area contributed by atoms with Gasteiger partial charge in [0.15, 0.2) is 0 Å². The van der Waals surface area contributed by atoms with E-state index in [1.54, 1.807) is 0 Å². The summed E-state index contributed by atoms with van der Waals surface area (Å²) in [6.07, 6.45) is 3.31. The Morgan fingerprint density at radius 2 is 1.95 bits per heavy atom. The van der Waals surface area contributed by atoms with Crippen LogP contribution in [-0.4, -0.2) is 20.3 Å². The first-order valence-electron chi connectivity index (χ1n) is 7.70. The van der Waals surface area contributed by atoms with Gasteiger partial charge in [0.2, 0.25) is 0 Å². The van der Waals surface area contributed by atoms with Crippen LogP contribution in [0.15, 0.2) is 18.2 Å². The van der Waals surface area contributed by atoms with Crippen molar-refractivity contribution in [2.24, 2.45) is 5.92 Å². The molecule has 0 spiro atoms. The van der Waals surface area contributed by atoms with E-state index in [0.717, 1.165) is 50.0 Å². The molecule has 0 saturated heterocycles. The van der Waals surface area contributed by atoms with Gasteiger partial charge in [0.05, 0.1) is 13.2 Å². The Morgan fingerprint density at radius 3 is 2.60 bits per heavy atom. The normalized spacial score (nSPS) is 10.8. The van der Waals surface area contributed by atoms with Crippen LogP contribution in [-0.2, 0) is 6.54 Å². The van der Waals surface area contributed by atoms with E-state index in [1.165, 1.54) is 12.0 Å². The Bertz CT molecular complexity index is 377. The highest BCUT2D eigenvalue weighted by Gasteiger charge is 2.06. The van der Waals surface area contributed by atoms with Gasteiger partial charge < -0.3 is 14.8 Å². The van der Waals surface area contributed by atoms with E-state index in [2.05, 4.69) is 32.2 Å². The van der Waals surface area contributed by atoms with Gasteiger partial charge in [0.1, 0.15) is 11.5 Å². The van der Waals surface area contributed by atoms with Crippen LogP contribution in [0, 0.1) is 5.92 Å². The summed E-state index contributed by atoms with van der Waals surface area (Å²) in [4.78, 5) is 0. The smallest absolute Gasteiger partial charge is 0.127 e. The quantitative estimate of drug-likeness (QED) is 0.656. The average Bonchev–Trinajstić information content (AvgIpc) is 2.43. The van der Waals surface area contributed by atoms with Gasteiger partial charge in [-0.25, -0.2) is 0 Å². The lowest BCUT2D eigenvalue weighted by Gasteiger charge is -2.14. The summed E-state index contributed by atoms with van der Waals surface area (Å²) >= 11 is 0. The molecule has 114 valence electrons. The minimum Gasteiger partial charge on any atom is -0.493 e. The largest absolute Gasteiger partial charge is 0.493 e. The standard InChI is InChI=1S/C17H29NO2/c1-5-10-19-16-9-8-15(13-18-4)17(12-16)20-11-6-7-14(2)3/h8-9,12,14,18H,5-7,10-11,13H2,1-4H3. The summed E-state index contributed by atoms with van der Waals surface area (Å²) in [6.45, 7) is 8.92. The SMILES string of the molecule is CCCOc1ccc(CNC)c(OCCCC(C)C)c1. The highest BCUT2D eigenvalue weighted by atomic mass is 16.5. The van der Waals surface area contributed by atoms with Gasteiger partial charge in [-0.05, 0) is 38.3 Å². The van der Waals surface area contributed by atoms with Crippen LogP contribution < -0.4 is 14.8 Å². The second-order valence-electron chi connectivity index (χ2n) is 5.53. The maximum absolute atomic E-state index is 5.94. The van der Waals surface area contributed by atoms with Crippen molar-refractivity contribution in [2.45, 2.75) is 46.6 Å². The summed E-state index contributed by atoms with van der Waals surface area (Å²) in [7, 11) is 1.95. The highest BCUT2D eigenvalue weighted by molar-refractivity contribution is 5.40. The predicted octanol–water partition coefficient (Wildman–Crippen LogP) is 4.01. The van der Waals surface area contributed by atoms with Crippen molar-refractivity contribution in [1.29, 1.82) is 0 Å². The summed E-state index contributed by atoms with van der Waals surface area (Å²) in [6, 6.07) is 6.11. The fourth-order valence-electron chi connectivity index (χ4n) is 1.99. The van der Waals surface area contributed by atoms with E-state index in [0.29, 0.717) is 0 Å². The van der Waals surface area contributed by atoms with Crippen molar-refractivity contribution in [3.63, 3.8) is 0 Å². The number of rotatable bonds is 10. The third kappa shape index (κ3) is 6.29. The lowest BCUT2D eigenvalue weighted by molar-refractivity contribution is 0.287. The zero-order valence-corrected chi connectivity index (χ0v) is 13.4. The van der Waals surface area contributed by atoms with Gasteiger partial charge in [-0.15, -0.1) is 0 Å². The molecule has 0 atom stereocenters. The molecule has 3 nitrogen and oxygen atoms in total. The van der Waals surface area contributed by atoms with Gasteiger partial charge in [0, 0.05) is 18.2 Å². The maximum Gasteiger partial charge on any atom is 0.127 e. The van der Waals surface area contributed by atoms with Crippen LogP contribution in [0.2, 0.25) is 0 Å². The third-order valence-electron chi connectivity index (χ3n) is 3.06. The van der Waals surface area contributed by atoms with E-state index in [1.807, 2.05) is 19.2 Å². The molecule has 0 bridgehead atoms. The Hall–Kier alpha value is -1.22. The van der Waals surface area contributed by atoms with E-state index in [9.17, 15) is 0 Å². The number of ether oxygens (including phenoxy) is 2. The second-order valence-corrected chi connectivity index (χ2v) is 5.53. The Morgan fingerprint density at radius 1 is 1.15 bits per heavy atom. The van der Waals surface area contributed by atoms with Crippen LogP contribution in [0.25, 0.3) is 0 Å². The molecule has 1 aromatic rings. The minimum absolute atomic E-state index is 0.731. The Balaban J connectivity index is 2.62. The first-order chi connectivity index (χ1) is 9.67. The second kappa shape index (κ2) is 9.65. The molecule has 0 aliphatic carbocycles. The van der Waals surface area contributed by atoms with Crippen LogP contribution in [0.3, 0.4) is 0 Å². The maximum atomic E-state index is 5.94. The topological polar surface area (TPSA) is 30.5 Å². The van der Waals surface area contributed by atoms with E-state index in [-0.39, 0.29) is 0 Å². The Kier molecular flexibility index (Phi) is 8.12. The van der Waals surface area contributed by atoms with Gasteiger partial charge in [0.25, 0.3) is 0 Å². The molecule has 1 rings (SSSR count). The van der Waals surface area contributed by atoms with Crippen LogP contribution in [0.1, 0.15) is 45.6 Å². The first kappa shape index (κ1) is 16.8. The highest BCUT2D eigenvalue weighted by Crippen LogP contribution is 2.25. The fourth-order valence-corrected chi connectivity index (χ4v) is 1.99. The molecule has 3 heteroatoms. The van der Waals surface area contributed by atoms with Crippen molar-refractivity contribution >= 4 is 0 Å². The molecule has 0 unspecified atom stereocenters. The zero-order valence-electron chi connectivity index (χ0n) is 13.4. The average molecular weight is 279 g/mol. The van der Waals surface area contributed by atoms with Crippen molar-refractivity contribution in [3.05, 3.63) is 23.8 Å². The van der Waals surface area contributed by atoms with Gasteiger partial charge in [-0.3, -0.25) is 0 Å². The molecule has 0 radical (unpaired) electrons. The van der Waals surface area contributed by atoms with E-state index < -0.39 is 0 Å². The van der Waals surface area contributed by atoms with Crippen LogP contribution in [0.5, 0.6) is 11.5 Å². The predicted molar refractivity (Wildman–Crippen MR) is 84.6 cm³/mol. The molecule has 1 N–H and O–H groups in total.